The second-order valence-corrected chi connectivity index (χ2v) is 11.1. The van der Waals surface area contributed by atoms with E-state index in [0.29, 0.717) is 13.0 Å². The Hall–Kier alpha value is -4.57. The van der Waals surface area contributed by atoms with Gasteiger partial charge in [0.05, 0.1) is 7.11 Å². The van der Waals surface area contributed by atoms with E-state index >= 15 is 0 Å². The van der Waals surface area contributed by atoms with Gasteiger partial charge in [0.15, 0.2) is 11.5 Å². The molecule has 9 nitrogen and oxygen atoms in total. The van der Waals surface area contributed by atoms with Crippen molar-refractivity contribution < 1.29 is 28.0 Å². The van der Waals surface area contributed by atoms with E-state index in [1.54, 1.807) is 25.5 Å². The van der Waals surface area contributed by atoms with Crippen LogP contribution in [-0.2, 0) is 25.6 Å². The van der Waals surface area contributed by atoms with Crippen LogP contribution in [0.1, 0.15) is 52.2 Å². The first-order valence-electron chi connectivity index (χ1n) is 14.2. The monoisotopic (exact) mass is 615 g/mol. The fraction of sp³-hybridized carbons (Fsp3) is 0.294. The molecule has 4 rings (SSSR count). The zero-order valence-electron chi connectivity index (χ0n) is 25.8. The van der Waals surface area contributed by atoms with Crippen LogP contribution in [0.15, 0.2) is 88.0 Å². The molecule has 44 heavy (non-hydrogen) atoms. The van der Waals surface area contributed by atoms with Gasteiger partial charge in [0.2, 0.25) is 18.1 Å². The second kappa shape index (κ2) is 14.3. The molecule has 1 heterocycles. The van der Waals surface area contributed by atoms with Crippen LogP contribution in [0.2, 0.25) is 0 Å². The van der Waals surface area contributed by atoms with Gasteiger partial charge in [0.1, 0.15) is 5.75 Å². The van der Waals surface area contributed by atoms with Crippen molar-refractivity contribution >= 4 is 42.0 Å². The average Bonchev–Trinajstić information content (AvgIpc) is 3.07. The van der Waals surface area contributed by atoms with E-state index in [1.807, 2.05) is 55.5 Å². The highest BCUT2D eigenvalue weighted by Gasteiger charge is 2.43. The van der Waals surface area contributed by atoms with Crippen LogP contribution in [0.4, 0.5) is 5.69 Å². The van der Waals surface area contributed by atoms with Crippen molar-refractivity contribution in [3.8, 4) is 17.2 Å². The van der Waals surface area contributed by atoms with Gasteiger partial charge in [-0.05, 0) is 92.8 Å². The van der Waals surface area contributed by atoms with Gasteiger partial charge < -0.3 is 23.3 Å². The molecule has 230 valence electrons. The highest BCUT2D eigenvalue weighted by molar-refractivity contribution is 7.93. The van der Waals surface area contributed by atoms with Crippen molar-refractivity contribution in [2.45, 2.75) is 52.9 Å². The van der Waals surface area contributed by atoms with Crippen LogP contribution in [-0.4, -0.2) is 37.7 Å². The summed E-state index contributed by atoms with van der Waals surface area (Å²) in [7, 11) is 1.64. The van der Waals surface area contributed by atoms with Gasteiger partial charge in [0.25, 0.3) is 0 Å². The first-order valence-corrected chi connectivity index (χ1v) is 14.9. The molecule has 1 unspecified atom stereocenters. The van der Waals surface area contributed by atoms with E-state index in [4.69, 9.17) is 23.8 Å². The van der Waals surface area contributed by atoms with E-state index in [0.717, 1.165) is 58.1 Å². The van der Waals surface area contributed by atoms with E-state index in [-0.39, 0.29) is 17.4 Å². The molecular formula is C34H37N3O6S. The lowest BCUT2D eigenvalue weighted by atomic mass is 9.76. The number of carbonyl (C=O) groups is 2. The van der Waals surface area contributed by atoms with Crippen molar-refractivity contribution in [3.63, 3.8) is 0 Å². The molecule has 0 fully saturated rings. The highest BCUT2D eigenvalue weighted by atomic mass is 32.2. The molecule has 0 bridgehead atoms. The lowest BCUT2D eigenvalue weighted by Crippen LogP contribution is -2.30. The summed E-state index contributed by atoms with van der Waals surface area (Å²) >= 11 is 0.844. The minimum Gasteiger partial charge on any atom is -0.497 e. The minimum atomic E-state index is -0.542. The van der Waals surface area contributed by atoms with E-state index in [9.17, 15) is 9.59 Å². The molecule has 0 amide bonds. The molecule has 0 spiro atoms. The summed E-state index contributed by atoms with van der Waals surface area (Å²) < 4.78 is 26.2. The lowest BCUT2D eigenvalue weighted by Gasteiger charge is -2.30. The third-order valence-electron chi connectivity index (χ3n) is 7.42. The summed E-state index contributed by atoms with van der Waals surface area (Å²) in [5.74, 6) is 0.110. The van der Waals surface area contributed by atoms with Gasteiger partial charge in [0, 0.05) is 49.0 Å². The Balaban J connectivity index is 1.66. The van der Waals surface area contributed by atoms with Gasteiger partial charge >= 0.3 is 11.9 Å². The molecule has 0 aromatic heterocycles. The summed E-state index contributed by atoms with van der Waals surface area (Å²) in [4.78, 5) is 25.7. The molecule has 1 atom stereocenters. The Morgan fingerprint density at radius 1 is 1.11 bits per heavy atom. The number of esters is 2. The van der Waals surface area contributed by atoms with E-state index in [1.165, 1.54) is 13.8 Å². The summed E-state index contributed by atoms with van der Waals surface area (Å²) in [6.45, 7) is 9.49. The zero-order valence-corrected chi connectivity index (χ0v) is 26.6. The van der Waals surface area contributed by atoms with Gasteiger partial charge in [-0.2, -0.15) is 4.40 Å². The first-order chi connectivity index (χ1) is 21.1. The largest absolute Gasteiger partial charge is 0.497 e. The molecule has 0 saturated heterocycles. The zero-order chi connectivity index (χ0) is 31.9. The maximum Gasteiger partial charge on any atom is 0.308 e. The quantitative estimate of drug-likeness (QED) is 0.0744. The van der Waals surface area contributed by atoms with Crippen molar-refractivity contribution in [2.75, 3.05) is 18.6 Å². The van der Waals surface area contributed by atoms with Crippen molar-refractivity contribution in [1.29, 1.82) is 5.41 Å². The fourth-order valence-corrected chi connectivity index (χ4v) is 5.76. The fourth-order valence-electron chi connectivity index (χ4n) is 5.44. The minimum absolute atomic E-state index is 0.0428. The first kappa shape index (κ1) is 32.3. The summed E-state index contributed by atoms with van der Waals surface area (Å²) in [6, 6.07) is 11.3. The number of allylic oxidation sites excluding steroid dienone is 6. The Morgan fingerprint density at radius 2 is 1.86 bits per heavy atom. The van der Waals surface area contributed by atoms with Crippen LogP contribution in [0.5, 0.6) is 17.2 Å². The number of methoxy groups -OCH3 is 1. The number of nitrogens with zero attached hydrogens (tertiary/aromatic N) is 2. The number of carbonyl (C=O) groups excluding carboxylic acids is 2. The van der Waals surface area contributed by atoms with Crippen LogP contribution in [0.25, 0.3) is 0 Å². The molecule has 10 heteroatoms. The van der Waals surface area contributed by atoms with Gasteiger partial charge in [-0.15, -0.1) is 0 Å². The molecular weight excluding hydrogens is 578 g/mol. The molecule has 2 aromatic carbocycles. The number of likely N-dealkylation sites (N-methyl/N-ethyl adjacent to an activating group) is 1. The molecule has 0 radical (unpaired) electrons. The van der Waals surface area contributed by atoms with E-state index < -0.39 is 17.4 Å². The van der Waals surface area contributed by atoms with Crippen LogP contribution < -0.4 is 19.1 Å². The van der Waals surface area contributed by atoms with E-state index in [2.05, 4.69) is 29.2 Å². The second-order valence-electron chi connectivity index (χ2n) is 10.5. The Labute approximate surface area is 262 Å². The molecule has 1 N–H and O–H groups in total. The van der Waals surface area contributed by atoms with Gasteiger partial charge in [-0.3, -0.25) is 15.0 Å². The highest BCUT2D eigenvalue weighted by Crippen LogP contribution is 2.51. The number of rotatable bonds is 10. The standard InChI is InChI=1S/C34H37N3O6S/c1-7-37-29-15-14-26(40-6)20-28(29)34(5,21-25-13-16-30(41-23(3)38)31(19-25)42-24(4)39)32(37)17-18-36-44-43-33(35)27-12-10-8-9-11-22(27)2/h8,10-20,35H,7,9,21H2,1-6H3/b32-17-,35-33?,36-18-. The third-order valence-corrected chi connectivity index (χ3v) is 7.87. The SMILES string of the molecule is CCN1/C(=C\C=N/SOC(=N)C2=CC=CCC=C2C)C(C)(Cc2ccc(OC(C)=O)c(OC(C)=O)c2)c2cc(OC)ccc21. The molecule has 2 aliphatic rings. The average molecular weight is 616 g/mol. The van der Waals surface area contributed by atoms with Gasteiger partial charge in [-0.25, -0.2) is 0 Å². The van der Waals surface area contributed by atoms with Gasteiger partial charge in [-0.1, -0.05) is 24.3 Å². The summed E-state index contributed by atoms with van der Waals surface area (Å²) in [6.07, 6.45) is 12.8. The van der Waals surface area contributed by atoms with Crippen LogP contribution >= 0.6 is 12.2 Å². The van der Waals surface area contributed by atoms with Crippen molar-refractivity contribution in [3.05, 3.63) is 94.7 Å². The Kier molecular flexibility index (Phi) is 10.5. The number of hydrogen-bond acceptors (Lipinski definition) is 10. The molecule has 1 aliphatic heterocycles. The summed E-state index contributed by atoms with van der Waals surface area (Å²) in [5, 5.41) is 8.35. The number of anilines is 1. The van der Waals surface area contributed by atoms with Crippen molar-refractivity contribution in [2.24, 2.45) is 4.40 Å². The lowest BCUT2D eigenvalue weighted by molar-refractivity contribution is -0.134. The number of hydrogen-bond donors (Lipinski definition) is 1. The predicted molar refractivity (Wildman–Crippen MR) is 175 cm³/mol. The maximum absolute atomic E-state index is 11.8. The normalized spacial score (nSPS) is 18.4. The van der Waals surface area contributed by atoms with Crippen LogP contribution in [0.3, 0.4) is 0 Å². The number of benzene rings is 2. The molecule has 0 saturated carbocycles. The van der Waals surface area contributed by atoms with Crippen molar-refractivity contribution in [1.82, 2.24) is 0 Å². The Bertz CT molecular complexity index is 1610. The molecule has 1 aliphatic carbocycles. The number of fused-ring (bicyclic) bond motifs is 1. The summed E-state index contributed by atoms with van der Waals surface area (Å²) in [5.41, 5.74) is 5.15. The Morgan fingerprint density at radius 3 is 2.57 bits per heavy atom. The topological polar surface area (TPSA) is 111 Å². The third kappa shape index (κ3) is 7.31. The van der Waals surface area contributed by atoms with Crippen LogP contribution in [0, 0.1) is 5.41 Å². The smallest absolute Gasteiger partial charge is 0.308 e. The maximum atomic E-state index is 11.8. The number of ether oxygens (including phenoxy) is 3. The number of nitrogens with one attached hydrogen (secondary N) is 1. The predicted octanol–water partition coefficient (Wildman–Crippen LogP) is 7.23. The molecule has 2 aromatic rings.